The van der Waals surface area contributed by atoms with Crippen LogP contribution in [0.15, 0.2) is 0 Å². The monoisotopic (exact) mass is 209 g/mol. The quantitative estimate of drug-likeness (QED) is 0.633. The summed E-state index contributed by atoms with van der Waals surface area (Å²) in [5.41, 5.74) is 5.26. The molecule has 0 saturated heterocycles. The molecule has 0 spiro atoms. The van der Waals surface area contributed by atoms with Gasteiger partial charge in [0.15, 0.2) is 0 Å². The Hall–Kier alpha value is -0.170. The van der Waals surface area contributed by atoms with Gasteiger partial charge in [-0.05, 0) is 12.0 Å². The first-order valence-corrected chi connectivity index (χ1v) is 5.52. The molecule has 0 atom stereocenters. The van der Waals surface area contributed by atoms with E-state index >= 15 is 0 Å². The Bertz CT molecular complexity index is 246. The van der Waals surface area contributed by atoms with Crippen molar-refractivity contribution in [1.82, 2.24) is 9.03 Å². The summed E-state index contributed by atoms with van der Waals surface area (Å²) < 4.78 is 26.1. The van der Waals surface area contributed by atoms with Crippen molar-refractivity contribution < 1.29 is 8.42 Å². The summed E-state index contributed by atoms with van der Waals surface area (Å²) in [5.74, 6) is 0. The van der Waals surface area contributed by atoms with Gasteiger partial charge in [0.1, 0.15) is 0 Å². The standard InChI is InChI=1S/C7H19N3O2S/c1-7(2,5-8)6-9-13(11,12)10(3)4/h9H,5-6,8H2,1-4H3. The lowest BCUT2D eigenvalue weighted by Gasteiger charge is -2.23. The minimum absolute atomic E-state index is 0.205. The number of hydrogen-bond acceptors (Lipinski definition) is 3. The molecule has 80 valence electrons. The molecule has 0 amide bonds. The van der Waals surface area contributed by atoms with Crippen LogP contribution in [0.4, 0.5) is 0 Å². The second-order valence-corrected chi connectivity index (χ2v) is 5.95. The Morgan fingerprint density at radius 2 is 1.85 bits per heavy atom. The van der Waals surface area contributed by atoms with Crippen LogP contribution in [-0.4, -0.2) is 39.9 Å². The molecule has 0 aliphatic carbocycles. The number of rotatable bonds is 5. The molecule has 0 rings (SSSR count). The predicted molar refractivity (Wildman–Crippen MR) is 53.4 cm³/mol. The molecule has 0 aromatic rings. The smallest absolute Gasteiger partial charge is 0.278 e. The van der Waals surface area contributed by atoms with E-state index in [0.717, 1.165) is 4.31 Å². The summed E-state index contributed by atoms with van der Waals surface area (Å²) in [6.07, 6.45) is 0. The van der Waals surface area contributed by atoms with Crippen LogP contribution in [0.25, 0.3) is 0 Å². The highest BCUT2D eigenvalue weighted by atomic mass is 32.2. The van der Waals surface area contributed by atoms with Gasteiger partial charge in [0.25, 0.3) is 10.2 Å². The maximum absolute atomic E-state index is 11.3. The first-order chi connectivity index (χ1) is 5.71. The third-order valence-corrected chi connectivity index (χ3v) is 3.24. The van der Waals surface area contributed by atoms with Crippen molar-refractivity contribution >= 4 is 10.2 Å². The predicted octanol–water partition coefficient (Wildman–Crippen LogP) is -0.633. The van der Waals surface area contributed by atoms with Crippen LogP contribution in [0, 0.1) is 5.41 Å². The minimum atomic E-state index is -3.31. The second kappa shape index (κ2) is 4.36. The van der Waals surface area contributed by atoms with Crippen molar-refractivity contribution in [2.45, 2.75) is 13.8 Å². The van der Waals surface area contributed by atoms with E-state index < -0.39 is 10.2 Å². The molecule has 0 heterocycles. The van der Waals surface area contributed by atoms with Gasteiger partial charge in [0, 0.05) is 20.6 Å². The third-order valence-electron chi connectivity index (χ3n) is 1.77. The summed E-state index contributed by atoms with van der Waals surface area (Å²) in [6.45, 7) is 4.61. The summed E-state index contributed by atoms with van der Waals surface area (Å²) in [5, 5.41) is 0. The van der Waals surface area contributed by atoms with Crippen LogP contribution in [0.1, 0.15) is 13.8 Å². The number of hydrogen-bond donors (Lipinski definition) is 2. The Labute approximate surface area is 80.5 Å². The van der Waals surface area contributed by atoms with Gasteiger partial charge >= 0.3 is 0 Å². The average molecular weight is 209 g/mol. The normalized spacial score (nSPS) is 13.7. The molecule has 13 heavy (non-hydrogen) atoms. The zero-order valence-electron chi connectivity index (χ0n) is 8.66. The first kappa shape index (κ1) is 12.8. The molecule has 0 radical (unpaired) electrons. The van der Waals surface area contributed by atoms with E-state index in [2.05, 4.69) is 4.72 Å². The van der Waals surface area contributed by atoms with Crippen LogP contribution in [0.3, 0.4) is 0 Å². The topological polar surface area (TPSA) is 75.4 Å². The van der Waals surface area contributed by atoms with Gasteiger partial charge in [-0.2, -0.15) is 12.7 Å². The molecular weight excluding hydrogens is 190 g/mol. The molecule has 0 aliphatic rings. The van der Waals surface area contributed by atoms with Gasteiger partial charge in [-0.3, -0.25) is 0 Å². The van der Waals surface area contributed by atoms with E-state index in [4.69, 9.17) is 5.73 Å². The lowest BCUT2D eigenvalue weighted by molar-refractivity contribution is 0.370. The van der Waals surface area contributed by atoms with Crippen molar-refractivity contribution in [1.29, 1.82) is 0 Å². The highest BCUT2D eigenvalue weighted by Crippen LogP contribution is 2.10. The van der Waals surface area contributed by atoms with Crippen molar-refractivity contribution in [2.75, 3.05) is 27.2 Å². The summed E-state index contributed by atoms with van der Waals surface area (Å²) in [7, 11) is -0.346. The van der Waals surface area contributed by atoms with Gasteiger partial charge < -0.3 is 5.73 Å². The van der Waals surface area contributed by atoms with Crippen molar-refractivity contribution in [3.8, 4) is 0 Å². The van der Waals surface area contributed by atoms with Gasteiger partial charge in [0.05, 0.1) is 0 Å². The minimum Gasteiger partial charge on any atom is -0.330 e. The molecule has 0 aromatic carbocycles. The molecule has 5 nitrogen and oxygen atoms in total. The van der Waals surface area contributed by atoms with E-state index in [1.165, 1.54) is 14.1 Å². The SMILES string of the molecule is CN(C)S(=O)(=O)NCC(C)(C)CN. The summed E-state index contributed by atoms with van der Waals surface area (Å²) in [4.78, 5) is 0. The second-order valence-electron chi connectivity index (χ2n) is 3.98. The largest absolute Gasteiger partial charge is 0.330 e. The molecule has 0 aliphatic heterocycles. The third kappa shape index (κ3) is 4.56. The first-order valence-electron chi connectivity index (χ1n) is 4.08. The lowest BCUT2D eigenvalue weighted by Crippen LogP contribution is -2.43. The maximum Gasteiger partial charge on any atom is 0.278 e. The Balaban J connectivity index is 4.19. The molecule has 0 aromatic heterocycles. The molecular formula is C7H19N3O2S. The molecule has 0 bridgehead atoms. The van der Waals surface area contributed by atoms with Crippen molar-refractivity contribution in [3.63, 3.8) is 0 Å². The van der Waals surface area contributed by atoms with E-state index in [-0.39, 0.29) is 5.41 Å². The average Bonchev–Trinajstić information content (AvgIpc) is 2.01. The molecule has 3 N–H and O–H groups in total. The number of nitrogens with two attached hydrogens (primary N) is 1. The summed E-state index contributed by atoms with van der Waals surface area (Å²) in [6, 6.07) is 0. The van der Waals surface area contributed by atoms with Crippen LogP contribution >= 0.6 is 0 Å². The fourth-order valence-electron chi connectivity index (χ4n) is 0.488. The van der Waals surface area contributed by atoms with Crippen LogP contribution in [-0.2, 0) is 10.2 Å². The van der Waals surface area contributed by atoms with E-state index in [1.807, 2.05) is 13.8 Å². The number of nitrogens with one attached hydrogen (secondary N) is 1. The summed E-state index contributed by atoms with van der Waals surface area (Å²) >= 11 is 0. The zero-order chi connectivity index (χ0) is 10.7. The van der Waals surface area contributed by atoms with Crippen LogP contribution in [0.2, 0.25) is 0 Å². The van der Waals surface area contributed by atoms with Gasteiger partial charge in [-0.25, -0.2) is 4.72 Å². The number of nitrogens with zero attached hydrogens (tertiary/aromatic N) is 1. The van der Waals surface area contributed by atoms with Crippen LogP contribution in [0.5, 0.6) is 0 Å². The molecule has 6 heteroatoms. The van der Waals surface area contributed by atoms with Gasteiger partial charge in [0.2, 0.25) is 0 Å². The van der Waals surface area contributed by atoms with Gasteiger partial charge in [-0.15, -0.1) is 0 Å². The Morgan fingerprint density at radius 1 is 1.38 bits per heavy atom. The zero-order valence-corrected chi connectivity index (χ0v) is 9.48. The molecule has 0 fully saturated rings. The van der Waals surface area contributed by atoms with E-state index in [0.29, 0.717) is 13.1 Å². The van der Waals surface area contributed by atoms with Gasteiger partial charge in [-0.1, -0.05) is 13.8 Å². The molecule has 0 saturated carbocycles. The highest BCUT2D eigenvalue weighted by molar-refractivity contribution is 7.87. The molecule has 0 unspecified atom stereocenters. The Morgan fingerprint density at radius 3 is 2.15 bits per heavy atom. The van der Waals surface area contributed by atoms with E-state index in [9.17, 15) is 8.42 Å². The van der Waals surface area contributed by atoms with E-state index in [1.54, 1.807) is 0 Å². The highest BCUT2D eigenvalue weighted by Gasteiger charge is 2.20. The fraction of sp³-hybridized carbons (Fsp3) is 1.00. The Kier molecular flexibility index (Phi) is 4.31. The van der Waals surface area contributed by atoms with Crippen molar-refractivity contribution in [3.05, 3.63) is 0 Å². The fourth-order valence-corrected chi connectivity index (χ4v) is 1.32. The maximum atomic E-state index is 11.3. The van der Waals surface area contributed by atoms with Crippen molar-refractivity contribution in [2.24, 2.45) is 11.1 Å². The van der Waals surface area contributed by atoms with Crippen LogP contribution < -0.4 is 10.5 Å². The lowest BCUT2D eigenvalue weighted by atomic mass is 9.95.